The maximum Gasteiger partial charge on any atom is 0.343 e. The molecule has 0 unspecified atom stereocenters. The molecule has 1 aromatic rings. The lowest BCUT2D eigenvalue weighted by molar-refractivity contribution is -0.128. The Kier molecular flexibility index (Phi) is 9.93. The van der Waals surface area contributed by atoms with Gasteiger partial charge in [0.25, 0.3) is 0 Å². The Balaban J connectivity index is 2.65. The van der Waals surface area contributed by atoms with Crippen LogP contribution in [0.15, 0.2) is 9.95 Å². The predicted molar refractivity (Wildman–Crippen MR) is 104 cm³/mol. The largest absolute Gasteiger partial charge is 0.343 e. The number of nitrogens with one attached hydrogen (secondary N) is 1. The summed E-state index contributed by atoms with van der Waals surface area (Å²) in [4.78, 5) is 26.4. The van der Waals surface area contributed by atoms with Crippen molar-refractivity contribution in [2.75, 3.05) is 18.8 Å². The average Bonchev–Trinajstić information content (AvgIpc) is 2.90. The highest BCUT2D eigenvalue weighted by molar-refractivity contribution is 7.99. The van der Waals surface area contributed by atoms with Crippen molar-refractivity contribution in [3.05, 3.63) is 10.5 Å². The molecule has 0 atom stereocenters. The SMILES string of the molecule is CCCCn1c(SCC(=O)N(CCC(C)C)CCC(C)C)n[nH]c1=O. The number of H-pyrrole nitrogens is 1. The summed E-state index contributed by atoms with van der Waals surface area (Å²) in [5, 5.41) is 7.17. The first-order chi connectivity index (χ1) is 11.8. The van der Waals surface area contributed by atoms with Gasteiger partial charge in [-0.25, -0.2) is 9.89 Å². The molecular weight excluding hydrogens is 336 g/mol. The van der Waals surface area contributed by atoms with E-state index >= 15 is 0 Å². The van der Waals surface area contributed by atoms with E-state index in [4.69, 9.17) is 0 Å². The van der Waals surface area contributed by atoms with Crippen LogP contribution in [0.25, 0.3) is 0 Å². The van der Waals surface area contributed by atoms with Crippen LogP contribution in [0.1, 0.15) is 60.3 Å². The molecule has 1 rings (SSSR count). The number of rotatable bonds is 12. The van der Waals surface area contributed by atoms with Gasteiger partial charge in [0, 0.05) is 19.6 Å². The van der Waals surface area contributed by atoms with Crippen LogP contribution in [-0.2, 0) is 11.3 Å². The number of aromatic nitrogens is 3. The highest BCUT2D eigenvalue weighted by atomic mass is 32.2. The maximum absolute atomic E-state index is 12.7. The molecule has 0 saturated carbocycles. The van der Waals surface area contributed by atoms with Gasteiger partial charge in [0.2, 0.25) is 5.91 Å². The van der Waals surface area contributed by atoms with Crippen molar-refractivity contribution >= 4 is 17.7 Å². The van der Waals surface area contributed by atoms with Gasteiger partial charge in [0.1, 0.15) is 0 Å². The molecule has 0 saturated heterocycles. The van der Waals surface area contributed by atoms with Gasteiger partial charge in [0.05, 0.1) is 5.75 Å². The fourth-order valence-corrected chi connectivity index (χ4v) is 3.21. The number of hydrogen-bond donors (Lipinski definition) is 1. The first-order valence-electron chi connectivity index (χ1n) is 9.40. The zero-order valence-electron chi connectivity index (χ0n) is 16.4. The average molecular weight is 371 g/mol. The quantitative estimate of drug-likeness (QED) is 0.573. The van der Waals surface area contributed by atoms with Crippen molar-refractivity contribution in [1.82, 2.24) is 19.7 Å². The number of amides is 1. The molecule has 0 aliphatic heterocycles. The Morgan fingerprint density at radius 1 is 1.20 bits per heavy atom. The van der Waals surface area contributed by atoms with E-state index in [0.29, 0.717) is 29.3 Å². The van der Waals surface area contributed by atoms with Crippen molar-refractivity contribution < 1.29 is 4.79 Å². The summed E-state index contributed by atoms with van der Waals surface area (Å²) in [6, 6.07) is 0. The monoisotopic (exact) mass is 370 g/mol. The van der Waals surface area contributed by atoms with Gasteiger partial charge in [-0.3, -0.25) is 9.36 Å². The van der Waals surface area contributed by atoms with Gasteiger partial charge in [0.15, 0.2) is 5.16 Å². The number of thioether (sulfide) groups is 1. The smallest absolute Gasteiger partial charge is 0.342 e. The van der Waals surface area contributed by atoms with E-state index in [2.05, 4.69) is 44.8 Å². The number of carbonyl (C=O) groups is 1. The maximum atomic E-state index is 12.7. The van der Waals surface area contributed by atoms with Crippen molar-refractivity contribution in [3.63, 3.8) is 0 Å². The Bertz CT molecular complexity index is 554. The molecule has 0 bridgehead atoms. The third-order valence-corrected chi connectivity index (χ3v) is 5.05. The second kappa shape index (κ2) is 11.4. The van der Waals surface area contributed by atoms with E-state index in [1.807, 2.05) is 4.90 Å². The number of nitrogens with zero attached hydrogens (tertiary/aromatic N) is 3. The molecule has 0 radical (unpaired) electrons. The normalized spacial score (nSPS) is 11.5. The zero-order chi connectivity index (χ0) is 18.8. The highest BCUT2D eigenvalue weighted by Gasteiger charge is 2.17. The minimum absolute atomic E-state index is 0.129. The molecule has 0 spiro atoms. The summed E-state index contributed by atoms with van der Waals surface area (Å²) in [6.07, 6.45) is 3.96. The highest BCUT2D eigenvalue weighted by Crippen LogP contribution is 2.16. The Hall–Kier alpha value is -1.24. The third-order valence-electron chi connectivity index (χ3n) is 4.09. The number of aromatic amines is 1. The number of carbonyl (C=O) groups excluding carboxylic acids is 1. The summed E-state index contributed by atoms with van der Waals surface area (Å²) in [7, 11) is 0. The van der Waals surface area contributed by atoms with E-state index in [1.54, 1.807) is 4.57 Å². The van der Waals surface area contributed by atoms with Crippen LogP contribution < -0.4 is 5.69 Å². The van der Waals surface area contributed by atoms with Gasteiger partial charge in [-0.1, -0.05) is 52.8 Å². The van der Waals surface area contributed by atoms with Gasteiger partial charge >= 0.3 is 5.69 Å². The minimum atomic E-state index is -0.195. The molecule has 0 fully saturated rings. The second-order valence-electron chi connectivity index (χ2n) is 7.35. The molecule has 144 valence electrons. The summed E-state index contributed by atoms with van der Waals surface area (Å²) >= 11 is 1.35. The molecule has 1 heterocycles. The Morgan fingerprint density at radius 3 is 2.32 bits per heavy atom. The van der Waals surface area contributed by atoms with Crippen LogP contribution in [0.5, 0.6) is 0 Å². The molecular formula is C18H34N4O2S. The van der Waals surface area contributed by atoms with Gasteiger partial charge in [-0.2, -0.15) is 0 Å². The lowest BCUT2D eigenvalue weighted by atomic mass is 10.1. The topological polar surface area (TPSA) is 71.0 Å². The first kappa shape index (κ1) is 21.8. The minimum Gasteiger partial charge on any atom is -0.342 e. The fourth-order valence-electron chi connectivity index (χ4n) is 2.33. The van der Waals surface area contributed by atoms with Crippen molar-refractivity contribution in [2.24, 2.45) is 11.8 Å². The molecule has 7 heteroatoms. The van der Waals surface area contributed by atoms with Gasteiger partial charge in [-0.15, -0.1) is 5.10 Å². The summed E-state index contributed by atoms with van der Waals surface area (Å²) in [6.45, 7) is 13.0. The van der Waals surface area contributed by atoms with Crippen LogP contribution in [0, 0.1) is 11.8 Å². The van der Waals surface area contributed by atoms with Crippen LogP contribution in [-0.4, -0.2) is 44.4 Å². The number of hydrogen-bond acceptors (Lipinski definition) is 4. The van der Waals surface area contributed by atoms with Crippen LogP contribution >= 0.6 is 11.8 Å². The van der Waals surface area contributed by atoms with E-state index in [9.17, 15) is 9.59 Å². The van der Waals surface area contributed by atoms with Gasteiger partial charge < -0.3 is 4.90 Å². The Labute approximate surface area is 155 Å². The predicted octanol–water partition coefficient (Wildman–Crippen LogP) is 3.38. The molecule has 0 aliphatic rings. The zero-order valence-corrected chi connectivity index (χ0v) is 17.2. The van der Waals surface area contributed by atoms with Crippen molar-refractivity contribution in [1.29, 1.82) is 0 Å². The first-order valence-corrected chi connectivity index (χ1v) is 10.4. The van der Waals surface area contributed by atoms with Gasteiger partial charge in [-0.05, 0) is 31.1 Å². The molecule has 1 amide bonds. The van der Waals surface area contributed by atoms with Crippen molar-refractivity contribution in [3.8, 4) is 0 Å². The fraction of sp³-hybridized carbons (Fsp3) is 0.833. The third kappa shape index (κ3) is 8.12. The standard InChI is InChI=1S/C18H34N4O2S/c1-6-7-10-22-17(24)19-20-18(22)25-13-16(23)21(11-8-14(2)3)12-9-15(4)5/h14-15H,6-13H2,1-5H3,(H,19,24). The van der Waals surface area contributed by atoms with Crippen molar-refractivity contribution in [2.45, 2.75) is 72.0 Å². The molecule has 6 nitrogen and oxygen atoms in total. The lowest BCUT2D eigenvalue weighted by Crippen LogP contribution is -2.35. The lowest BCUT2D eigenvalue weighted by Gasteiger charge is -2.24. The molecule has 1 aromatic heterocycles. The van der Waals surface area contributed by atoms with E-state index in [0.717, 1.165) is 38.8 Å². The number of unbranched alkanes of at least 4 members (excludes halogenated alkanes) is 1. The van der Waals surface area contributed by atoms with E-state index in [-0.39, 0.29) is 11.6 Å². The molecule has 25 heavy (non-hydrogen) atoms. The Morgan fingerprint density at radius 2 is 1.80 bits per heavy atom. The van der Waals surface area contributed by atoms with Crippen LogP contribution in [0.4, 0.5) is 0 Å². The molecule has 0 aliphatic carbocycles. The molecule has 0 aromatic carbocycles. The van der Waals surface area contributed by atoms with E-state index in [1.165, 1.54) is 11.8 Å². The van der Waals surface area contributed by atoms with Crippen LogP contribution in [0.3, 0.4) is 0 Å². The molecule has 1 N–H and O–H groups in total. The summed E-state index contributed by atoms with van der Waals surface area (Å²) < 4.78 is 1.63. The second-order valence-corrected chi connectivity index (χ2v) is 8.29. The summed E-state index contributed by atoms with van der Waals surface area (Å²) in [5.74, 6) is 1.61. The van der Waals surface area contributed by atoms with E-state index < -0.39 is 0 Å². The summed E-state index contributed by atoms with van der Waals surface area (Å²) in [5.41, 5.74) is -0.195. The van der Waals surface area contributed by atoms with Crippen LogP contribution in [0.2, 0.25) is 0 Å².